The third-order valence-corrected chi connectivity index (χ3v) is 6.34. The maximum Gasteiger partial charge on any atom is 0.337 e. The van der Waals surface area contributed by atoms with Crippen LogP contribution in [0, 0.1) is 0 Å². The molecule has 0 saturated carbocycles. The highest BCUT2D eigenvalue weighted by molar-refractivity contribution is 5.91. The molecule has 0 atom stereocenters. The molecular formula is C29H38N6O5. The zero-order chi connectivity index (χ0) is 26.3. The number of aliphatic hydroxyl groups is 1. The SMILES string of the molecule is C.C.COC(=O)c1ccc2c(c1)N(Cc1cnc[nH]1)CCO2.OCc1ccc2c(c1)N(Cc1cnc[nH]1)CCO2. The topological polar surface area (TPSA) is 129 Å². The van der Waals surface area contributed by atoms with Gasteiger partial charge in [0.2, 0.25) is 0 Å². The predicted molar refractivity (Wildman–Crippen MR) is 154 cm³/mol. The lowest BCUT2D eigenvalue weighted by Crippen LogP contribution is -2.32. The molecule has 2 aromatic carbocycles. The van der Waals surface area contributed by atoms with E-state index in [1.807, 2.05) is 24.4 Å². The highest BCUT2D eigenvalue weighted by Gasteiger charge is 2.21. The lowest BCUT2D eigenvalue weighted by Gasteiger charge is -2.31. The summed E-state index contributed by atoms with van der Waals surface area (Å²) < 4.78 is 16.0. The number of hydrogen-bond donors (Lipinski definition) is 3. The fraction of sp³-hybridized carbons (Fsp3) is 0.345. The molecule has 3 N–H and O–H groups in total. The number of nitrogens with zero attached hydrogens (tertiary/aromatic N) is 4. The molecular weight excluding hydrogens is 512 g/mol. The van der Waals surface area contributed by atoms with Crippen molar-refractivity contribution in [1.29, 1.82) is 0 Å². The molecule has 2 aliphatic heterocycles. The summed E-state index contributed by atoms with van der Waals surface area (Å²) in [6.45, 7) is 4.41. The number of benzene rings is 2. The van der Waals surface area contributed by atoms with E-state index in [-0.39, 0.29) is 27.4 Å². The van der Waals surface area contributed by atoms with Gasteiger partial charge < -0.3 is 39.1 Å². The van der Waals surface area contributed by atoms with E-state index in [9.17, 15) is 9.90 Å². The van der Waals surface area contributed by atoms with Crippen molar-refractivity contribution in [1.82, 2.24) is 19.9 Å². The number of fused-ring (bicyclic) bond motifs is 2. The summed E-state index contributed by atoms with van der Waals surface area (Å²) in [5, 5.41) is 9.21. The maximum atomic E-state index is 11.6. The van der Waals surface area contributed by atoms with E-state index >= 15 is 0 Å². The monoisotopic (exact) mass is 550 g/mol. The van der Waals surface area contributed by atoms with Crippen LogP contribution in [0.3, 0.4) is 0 Å². The smallest absolute Gasteiger partial charge is 0.337 e. The van der Waals surface area contributed by atoms with Crippen LogP contribution < -0.4 is 19.3 Å². The van der Waals surface area contributed by atoms with Gasteiger partial charge in [0.15, 0.2) is 0 Å². The van der Waals surface area contributed by atoms with Gasteiger partial charge in [0.25, 0.3) is 0 Å². The second-order valence-electron chi connectivity index (χ2n) is 8.83. The van der Waals surface area contributed by atoms with Crippen molar-refractivity contribution in [2.75, 3.05) is 43.2 Å². The second-order valence-corrected chi connectivity index (χ2v) is 8.83. The van der Waals surface area contributed by atoms with Gasteiger partial charge in [-0.25, -0.2) is 14.8 Å². The molecule has 0 bridgehead atoms. The van der Waals surface area contributed by atoms with Crippen LogP contribution in [-0.4, -0.2) is 64.4 Å². The number of rotatable bonds is 6. The number of carbonyl (C=O) groups excluding carboxylic acids is 1. The minimum Gasteiger partial charge on any atom is -0.490 e. The number of esters is 1. The Bertz CT molecular complexity index is 1340. The molecule has 11 heteroatoms. The normalized spacial score (nSPS) is 13.2. The van der Waals surface area contributed by atoms with E-state index in [0.717, 1.165) is 59.5 Å². The predicted octanol–water partition coefficient (Wildman–Crippen LogP) is 4.17. The number of aliphatic hydroxyl groups excluding tert-OH is 1. The Kier molecular flexibility index (Phi) is 10.5. The van der Waals surface area contributed by atoms with E-state index in [4.69, 9.17) is 14.2 Å². The number of aromatic nitrogens is 4. The lowest BCUT2D eigenvalue weighted by molar-refractivity contribution is 0.0600. The van der Waals surface area contributed by atoms with Crippen molar-refractivity contribution < 1.29 is 24.1 Å². The summed E-state index contributed by atoms with van der Waals surface area (Å²) in [6, 6.07) is 11.1. The first kappa shape index (κ1) is 30.0. The Balaban J connectivity index is 0.000000211. The minimum absolute atomic E-state index is 0. The number of aromatic amines is 2. The molecule has 0 saturated heterocycles. The third-order valence-electron chi connectivity index (χ3n) is 6.34. The van der Waals surface area contributed by atoms with E-state index in [2.05, 4.69) is 29.7 Å². The second kappa shape index (κ2) is 14.0. The van der Waals surface area contributed by atoms with Crippen LogP contribution >= 0.6 is 0 Å². The van der Waals surface area contributed by atoms with Crippen molar-refractivity contribution >= 4 is 17.3 Å². The van der Waals surface area contributed by atoms with Crippen LogP contribution in [0.2, 0.25) is 0 Å². The van der Waals surface area contributed by atoms with E-state index in [1.165, 1.54) is 7.11 Å². The van der Waals surface area contributed by atoms with Gasteiger partial charge in [-0.15, -0.1) is 0 Å². The Labute approximate surface area is 234 Å². The van der Waals surface area contributed by atoms with Gasteiger partial charge in [0.05, 0.1) is 80.9 Å². The molecule has 6 rings (SSSR count). The molecule has 4 aromatic rings. The zero-order valence-corrected chi connectivity index (χ0v) is 21.1. The zero-order valence-electron chi connectivity index (χ0n) is 21.1. The summed E-state index contributed by atoms with van der Waals surface area (Å²) in [6.07, 6.45) is 6.95. The molecule has 0 unspecified atom stereocenters. The molecule has 214 valence electrons. The molecule has 0 amide bonds. The number of anilines is 2. The van der Waals surface area contributed by atoms with Crippen molar-refractivity contribution in [2.45, 2.75) is 34.5 Å². The lowest BCUT2D eigenvalue weighted by atomic mass is 10.1. The van der Waals surface area contributed by atoms with Crippen LogP contribution in [0.15, 0.2) is 61.4 Å². The van der Waals surface area contributed by atoms with Crippen LogP contribution in [0.1, 0.15) is 42.2 Å². The van der Waals surface area contributed by atoms with Gasteiger partial charge in [-0.05, 0) is 35.9 Å². The fourth-order valence-corrected chi connectivity index (χ4v) is 4.42. The van der Waals surface area contributed by atoms with Gasteiger partial charge >= 0.3 is 5.97 Å². The Hall–Kier alpha value is -4.51. The first-order valence-electron chi connectivity index (χ1n) is 12.3. The highest BCUT2D eigenvalue weighted by Crippen LogP contribution is 2.34. The number of methoxy groups -OCH3 is 1. The Morgan fingerprint density at radius 1 is 0.900 bits per heavy atom. The highest BCUT2D eigenvalue weighted by atomic mass is 16.5. The molecule has 2 aliphatic rings. The number of hydrogen-bond acceptors (Lipinski definition) is 9. The van der Waals surface area contributed by atoms with Gasteiger partial charge in [0, 0.05) is 12.4 Å². The largest absolute Gasteiger partial charge is 0.490 e. The van der Waals surface area contributed by atoms with E-state index in [1.54, 1.807) is 37.1 Å². The fourth-order valence-electron chi connectivity index (χ4n) is 4.42. The number of carbonyl (C=O) groups is 1. The van der Waals surface area contributed by atoms with Crippen LogP contribution in [0.25, 0.3) is 0 Å². The molecule has 0 fully saturated rings. The van der Waals surface area contributed by atoms with Crippen LogP contribution in [0.4, 0.5) is 11.4 Å². The molecule has 0 aliphatic carbocycles. The number of H-pyrrole nitrogens is 2. The third kappa shape index (κ3) is 6.92. The van der Waals surface area contributed by atoms with Gasteiger partial charge in [-0.1, -0.05) is 20.9 Å². The Morgan fingerprint density at radius 2 is 1.45 bits per heavy atom. The molecule has 0 spiro atoms. The molecule has 2 aromatic heterocycles. The van der Waals surface area contributed by atoms with Gasteiger partial charge in [-0.3, -0.25) is 0 Å². The summed E-state index contributed by atoms with van der Waals surface area (Å²) in [7, 11) is 1.38. The summed E-state index contributed by atoms with van der Waals surface area (Å²) in [4.78, 5) is 30.2. The summed E-state index contributed by atoms with van der Waals surface area (Å²) in [5.74, 6) is 1.31. The Morgan fingerprint density at radius 3 is 1.95 bits per heavy atom. The first-order chi connectivity index (χ1) is 18.6. The van der Waals surface area contributed by atoms with Crippen LogP contribution in [-0.2, 0) is 24.4 Å². The van der Waals surface area contributed by atoms with E-state index < -0.39 is 0 Å². The average Bonchev–Trinajstić information content (AvgIpc) is 3.68. The number of nitrogens with one attached hydrogen (secondary N) is 2. The van der Waals surface area contributed by atoms with Crippen molar-refractivity contribution in [3.8, 4) is 11.5 Å². The van der Waals surface area contributed by atoms with E-state index in [0.29, 0.717) is 25.3 Å². The minimum atomic E-state index is -0.347. The average molecular weight is 551 g/mol. The molecule has 0 radical (unpaired) electrons. The molecule has 4 heterocycles. The quantitative estimate of drug-likeness (QED) is 0.303. The summed E-state index contributed by atoms with van der Waals surface area (Å²) >= 11 is 0. The van der Waals surface area contributed by atoms with Crippen molar-refractivity contribution in [3.63, 3.8) is 0 Å². The molecule has 40 heavy (non-hydrogen) atoms. The van der Waals surface area contributed by atoms with Gasteiger partial charge in [-0.2, -0.15) is 0 Å². The number of imidazole rings is 2. The van der Waals surface area contributed by atoms with Crippen molar-refractivity contribution in [3.05, 3.63) is 84.0 Å². The first-order valence-corrected chi connectivity index (χ1v) is 12.3. The number of ether oxygens (including phenoxy) is 3. The van der Waals surface area contributed by atoms with Crippen LogP contribution in [0.5, 0.6) is 11.5 Å². The molecule has 11 nitrogen and oxygen atoms in total. The summed E-state index contributed by atoms with van der Waals surface area (Å²) in [5.41, 5.74) is 5.43. The van der Waals surface area contributed by atoms with Crippen molar-refractivity contribution in [2.24, 2.45) is 0 Å². The maximum absolute atomic E-state index is 11.6. The van der Waals surface area contributed by atoms with Gasteiger partial charge in [0.1, 0.15) is 24.7 Å². The standard InChI is InChI=1S/C14H15N3O3.C13H15N3O2.2CH4/c1-19-14(18)10-2-3-13-12(6-10)17(4-5-20-13)8-11-7-15-9-16-11;17-8-10-1-2-13-12(5-10)16(3-4-18-13)7-11-6-14-9-15-11;;/h2-3,6-7,9H,4-5,8H2,1H3,(H,15,16);1-2,5-6,9,17H,3-4,7-8H2,(H,14,15);2*1H4.